The Hall–Kier alpha value is -3.64. The highest BCUT2D eigenvalue weighted by atomic mass is 35.5. The van der Waals surface area contributed by atoms with E-state index in [2.05, 4.69) is 21.8 Å². The number of aromatic nitrogens is 4. The molecule has 10 nitrogen and oxygen atoms in total. The smallest absolute Gasteiger partial charge is 0.396 e. The molecule has 1 saturated heterocycles. The van der Waals surface area contributed by atoms with Crippen LogP contribution in [0.4, 0.5) is 29.1 Å². The lowest BCUT2D eigenvalue weighted by Gasteiger charge is -2.31. The van der Waals surface area contributed by atoms with Crippen molar-refractivity contribution in [3.63, 3.8) is 0 Å². The van der Waals surface area contributed by atoms with Gasteiger partial charge < -0.3 is 25.2 Å². The first-order valence-electron chi connectivity index (χ1n) is 17.0. The van der Waals surface area contributed by atoms with E-state index in [4.69, 9.17) is 43.6 Å². The third-order valence-electron chi connectivity index (χ3n) is 10.7. The van der Waals surface area contributed by atoms with Gasteiger partial charge in [0.15, 0.2) is 11.5 Å². The molecule has 0 radical (unpaired) electrons. The predicted octanol–water partition coefficient (Wildman–Crippen LogP) is 5.73. The molecular formula is C35H36Cl2F4N8O2. The van der Waals surface area contributed by atoms with Crippen LogP contribution in [0.2, 0.25) is 10.0 Å². The van der Waals surface area contributed by atoms with Crippen molar-refractivity contribution in [2.45, 2.75) is 64.1 Å². The van der Waals surface area contributed by atoms with Gasteiger partial charge in [-0.15, -0.1) is 0 Å². The van der Waals surface area contributed by atoms with Crippen LogP contribution >= 0.6 is 23.2 Å². The molecule has 2 aromatic heterocycles. The summed E-state index contributed by atoms with van der Waals surface area (Å²) < 4.78 is 66.0. The van der Waals surface area contributed by atoms with E-state index in [1.165, 1.54) is 11.3 Å². The monoisotopic (exact) mass is 746 g/mol. The summed E-state index contributed by atoms with van der Waals surface area (Å²) in [5.41, 5.74) is 4.73. The van der Waals surface area contributed by atoms with Gasteiger partial charge in [0.05, 0.1) is 51.9 Å². The topological polar surface area (TPSA) is 106 Å². The van der Waals surface area contributed by atoms with Crippen molar-refractivity contribution in [3.8, 4) is 11.8 Å². The molecule has 1 amide bonds. The number of anilines is 2. The Labute approximate surface area is 302 Å². The van der Waals surface area contributed by atoms with Crippen molar-refractivity contribution in [1.82, 2.24) is 29.5 Å². The molecule has 270 valence electrons. The number of piperidine rings is 1. The van der Waals surface area contributed by atoms with Crippen LogP contribution in [0.1, 0.15) is 76.2 Å². The number of nitrogens with two attached hydrogens (primary N) is 1. The molecule has 0 spiro atoms. The fourth-order valence-corrected chi connectivity index (χ4v) is 8.34. The number of alkyl halides is 3. The molecular weight excluding hydrogens is 711 g/mol. The number of amides is 1. The zero-order valence-electron chi connectivity index (χ0n) is 28.1. The van der Waals surface area contributed by atoms with Gasteiger partial charge in [-0.2, -0.15) is 18.3 Å². The summed E-state index contributed by atoms with van der Waals surface area (Å²) >= 11 is 12.8. The first-order chi connectivity index (χ1) is 24.2. The van der Waals surface area contributed by atoms with E-state index in [9.17, 15) is 18.0 Å². The minimum atomic E-state index is -4.96. The van der Waals surface area contributed by atoms with Crippen molar-refractivity contribution < 1.29 is 27.1 Å². The molecule has 0 bridgehead atoms. The van der Waals surface area contributed by atoms with Gasteiger partial charge >= 0.3 is 6.18 Å². The number of ether oxygens (including phenoxy) is 1. The predicted molar refractivity (Wildman–Crippen MR) is 182 cm³/mol. The first kappa shape index (κ1) is 34.4. The largest absolute Gasteiger partial charge is 0.418 e. The maximum Gasteiger partial charge on any atom is 0.418 e. The summed E-state index contributed by atoms with van der Waals surface area (Å²) in [4.78, 5) is 28.4. The molecule has 3 atom stereocenters. The maximum atomic E-state index is 15.5. The van der Waals surface area contributed by atoms with E-state index in [-0.39, 0.29) is 47.4 Å². The standard InChI is InChI=1S/C35H36Cl2F4N8O2/c1-46(2)33(50)31-29(37)24-15-48(8-3-9-49(24)45-31)32-20-16-51-25(27-28(35(39,40)41)21(36)11-22(42)30(27)38)12-23(20)43-26(44-32)4-5-34(6-7-34)17-47-13-18-10-19(18)14-47/h11,18-19,25H,3,6-10,12-17,42H2,1-2H3/t18?,19?,25-/m0/s1. The summed E-state index contributed by atoms with van der Waals surface area (Å²) in [6.45, 7) is 4.16. The quantitative estimate of drug-likeness (QED) is 0.201. The lowest BCUT2D eigenvalue weighted by atomic mass is 9.93. The third kappa shape index (κ3) is 6.40. The number of aryl methyl sites for hydroxylation is 1. The molecule has 8 rings (SSSR count). The zero-order valence-corrected chi connectivity index (χ0v) is 29.6. The Morgan fingerprint density at radius 3 is 2.61 bits per heavy atom. The molecule has 5 aliphatic rings. The third-order valence-corrected chi connectivity index (χ3v) is 11.4. The summed E-state index contributed by atoms with van der Waals surface area (Å²) in [5, 5.41) is 4.03. The molecule has 16 heteroatoms. The van der Waals surface area contributed by atoms with Gasteiger partial charge in [0.25, 0.3) is 5.91 Å². The molecule has 2 unspecified atom stereocenters. The molecule has 3 aromatic rings. The summed E-state index contributed by atoms with van der Waals surface area (Å²) in [5.74, 6) is 7.43. The van der Waals surface area contributed by atoms with Gasteiger partial charge in [0.2, 0.25) is 5.82 Å². The van der Waals surface area contributed by atoms with Gasteiger partial charge in [0.1, 0.15) is 5.82 Å². The van der Waals surface area contributed by atoms with E-state index in [0.29, 0.717) is 42.3 Å². The van der Waals surface area contributed by atoms with E-state index >= 15 is 4.39 Å². The Kier molecular flexibility index (Phi) is 8.44. The Morgan fingerprint density at radius 2 is 1.92 bits per heavy atom. The molecule has 2 saturated carbocycles. The van der Waals surface area contributed by atoms with Crippen molar-refractivity contribution in [2.75, 3.05) is 50.9 Å². The molecule has 5 heterocycles. The molecule has 3 fully saturated rings. The van der Waals surface area contributed by atoms with Crippen LogP contribution in [0.15, 0.2) is 6.07 Å². The fourth-order valence-electron chi connectivity index (χ4n) is 7.74. The number of nitrogen functional groups attached to an aromatic ring is 1. The molecule has 51 heavy (non-hydrogen) atoms. The van der Waals surface area contributed by atoms with Gasteiger partial charge in [-0.3, -0.25) is 9.48 Å². The van der Waals surface area contributed by atoms with Gasteiger partial charge in [-0.05, 0) is 49.5 Å². The molecule has 3 aliphatic heterocycles. The number of rotatable bonds is 5. The average molecular weight is 748 g/mol. The van der Waals surface area contributed by atoms with Crippen LogP contribution in [-0.4, -0.2) is 75.7 Å². The summed E-state index contributed by atoms with van der Waals surface area (Å²) in [7, 11) is 3.25. The van der Waals surface area contributed by atoms with Crippen LogP contribution in [0.3, 0.4) is 0 Å². The number of hydrogen-bond acceptors (Lipinski definition) is 8. The molecule has 1 aromatic carbocycles. The number of nitrogens with zero attached hydrogens (tertiary/aromatic N) is 7. The van der Waals surface area contributed by atoms with E-state index < -0.39 is 39.9 Å². The van der Waals surface area contributed by atoms with Crippen molar-refractivity contribution in [3.05, 3.63) is 61.5 Å². The molecule has 2 aliphatic carbocycles. The Balaban J connectivity index is 1.18. The van der Waals surface area contributed by atoms with Crippen molar-refractivity contribution in [2.24, 2.45) is 17.3 Å². The number of carbonyl (C=O) groups excluding carboxylic acids is 1. The zero-order chi connectivity index (χ0) is 36.0. The number of halogens is 6. The highest BCUT2D eigenvalue weighted by Crippen LogP contribution is 2.51. The second kappa shape index (κ2) is 12.5. The lowest BCUT2D eigenvalue weighted by molar-refractivity contribution is -0.140. The fraction of sp³-hybridized carbons (Fsp3) is 0.543. The Morgan fingerprint density at radius 1 is 1.18 bits per heavy atom. The Bertz CT molecular complexity index is 1990. The number of carbonyl (C=O) groups is 1. The number of hydrogen-bond donors (Lipinski definition) is 1. The van der Waals surface area contributed by atoms with Crippen molar-refractivity contribution >= 4 is 40.6 Å². The second-order valence-electron chi connectivity index (χ2n) is 14.6. The first-order valence-corrected chi connectivity index (χ1v) is 17.8. The SMILES string of the molecule is CN(C)C(=O)c1nn2c(c1Cl)CN(c1nc(C#CC3(CN4CC5CC5C4)CC3)nc3c1CO[C@H](c1c(F)c(N)cc(Cl)c1C(F)(F)F)C3)CCC2. The van der Waals surface area contributed by atoms with Crippen molar-refractivity contribution in [1.29, 1.82) is 0 Å². The average Bonchev–Trinajstić information content (AvgIpc) is 3.97. The normalized spacial score (nSPS) is 23.5. The van der Waals surface area contributed by atoms with Gasteiger partial charge in [0, 0.05) is 69.8 Å². The number of likely N-dealkylation sites (tertiary alicyclic amines) is 1. The minimum absolute atomic E-state index is 0.147. The van der Waals surface area contributed by atoms with Crippen LogP contribution in [-0.2, 0) is 37.0 Å². The second-order valence-corrected chi connectivity index (χ2v) is 15.4. The van der Waals surface area contributed by atoms with E-state index in [1.54, 1.807) is 18.8 Å². The van der Waals surface area contributed by atoms with Crippen LogP contribution in [0.25, 0.3) is 0 Å². The summed E-state index contributed by atoms with van der Waals surface area (Å²) in [6, 6.07) is 0.763. The van der Waals surface area contributed by atoms with Gasteiger partial charge in [-0.1, -0.05) is 29.1 Å². The van der Waals surface area contributed by atoms with Crippen LogP contribution in [0.5, 0.6) is 0 Å². The minimum Gasteiger partial charge on any atom is -0.396 e. The summed E-state index contributed by atoms with van der Waals surface area (Å²) in [6.07, 6.45) is -2.66. The van der Waals surface area contributed by atoms with E-state index in [1.807, 2.05) is 4.90 Å². The van der Waals surface area contributed by atoms with Crippen LogP contribution < -0.4 is 10.6 Å². The molecule has 2 N–H and O–H groups in total. The van der Waals surface area contributed by atoms with E-state index in [0.717, 1.165) is 50.4 Å². The highest BCUT2D eigenvalue weighted by molar-refractivity contribution is 6.34. The van der Waals surface area contributed by atoms with Gasteiger partial charge in [-0.25, -0.2) is 14.4 Å². The maximum absolute atomic E-state index is 15.5. The highest BCUT2D eigenvalue weighted by Gasteiger charge is 2.50. The lowest BCUT2D eigenvalue weighted by Crippen LogP contribution is -2.30. The number of benzene rings is 1. The van der Waals surface area contributed by atoms with Crippen LogP contribution in [0, 0.1) is 34.9 Å². The number of fused-ring (bicyclic) bond motifs is 3.